The molecule has 0 spiro atoms. The van der Waals surface area contributed by atoms with Gasteiger partial charge in [0.05, 0.1) is 5.75 Å². The number of hydrogen-bond donors (Lipinski definition) is 1. The van der Waals surface area contributed by atoms with Crippen molar-refractivity contribution in [3.8, 4) is 0 Å². The van der Waals surface area contributed by atoms with Crippen LogP contribution in [0.25, 0.3) is 0 Å². The van der Waals surface area contributed by atoms with E-state index in [1.165, 1.54) is 0 Å². The van der Waals surface area contributed by atoms with Gasteiger partial charge < -0.3 is 0 Å². The second-order valence-corrected chi connectivity index (χ2v) is 3.92. The van der Waals surface area contributed by atoms with E-state index in [1.807, 2.05) is 6.92 Å². The van der Waals surface area contributed by atoms with E-state index in [0.717, 1.165) is 19.3 Å². The Labute approximate surface area is 87.1 Å². The van der Waals surface area contributed by atoms with E-state index in [1.54, 1.807) is 0 Å². The molecule has 0 saturated carbocycles. The van der Waals surface area contributed by atoms with Crippen LogP contribution < -0.4 is 0 Å². The van der Waals surface area contributed by atoms with Gasteiger partial charge in [-0.2, -0.15) is 8.42 Å². The maximum atomic E-state index is 10.1. The van der Waals surface area contributed by atoms with Gasteiger partial charge in [-0.25, -0.2) is 0 Å². The van der Waals surface area contributed by atoms with Crippen molar-refractivity contribution in [2.75, 3.05) is 5.75 Å². The Bertz CT molecular complexity index is 165. The molecule has 5 heteroatoms. The Morgan fingerprint density at radius 1 is 1.18 bits per heavy atom. The van der Waals surface area contributed by atoms with Crippen LogP contribution in [0.4, 0.5) is 0 Å². The van der Waals surface area contributed by atoms with Crippen molar-refractivity contribution in [3.05, 3.63) is 0 Å². The summed E-state index contributed by atoms with van der Waals surface area (Å²) in [6.45, 7) is 2.05. The summed E-state index contributed by atoms with van der Waals surface area (Å²) in [6.07, 6.45) is 3.57. The second kappa shape index (κ2) is 7.43. The van der Waals surface area contributed by atoms with Crippen molar-refractivity contribution in [3.63, 3.8) is 0 Å². The van der Waals surface area contributed by atoms with Crippen LogP contribution in [0.2, 0.25) is 0 Å². The molecule has 0 unspecified atom stereocenters. The molecule has 0 aromatic rings. The molecule has 1 N–H and O–H groups in total. The van der Waals surface area contributed by atoms with Gasteiger partial charge in [0.1, 0.15) is 0 Å². The zero-order chi connectivity index (χ0) is 8.04. The van der Waals surface area contributed by atoms with Crippen molar-refractivity contribution in [2.24, 2.45) is 0 Å². The summed E-state index contributed by atoms with van der Waals surface area (Å²) in [5.41, 5.74) is 0. The number of rotatable bonds is 5. The van der Waals surface area contributed by atoms with Gasteiger partial charge in [-0.15, -0.1) is 0 Å². The average molecular weight is 284 g/mol. The summed E-state index contributed by atoms with van der Waals surface area (Å²) in [4.78, 5) is 0. The van der Waals surface area contributed by atoms with Gasteiger partial charge in [0.15, 0.2) is 0 Å². The first-order valence-corrected chi connectivity index (χ1v) is 5.12. The molecule has 0 bridgehead atoms. The van der Waals surface area contributed by atoms with E-state index in [0.29, 0.717) is 6.42 Å². The molecule has 0 atom stereocenters. The monoisotopic (exact) mass is 284 g/mol. The van der Waals surface area contributed by atoms with Crippen LogP contribution in [-0.4, -0.2) is 44.6 Å². The quantitative estimate of drug-likeness (QED) is 0.582. The number of hydrogen-bond acceptors (Lipinski definition) is 2. The van der Waals surface area contributed by atoms with Crippen molar-refractivity contribution < 1.29 is 13.0 Å². The first-order chi connectivity index (χ1) is 4.56. The predicted octanol–water partition coefficient (Wildman–Crippen LogP) is 0.271. The van der Waals surface area contributed by atoms with E-state index in [-0.39, 0.29) is 31.6 Å². The molecular weight excluding hydrogens is 267 g/mol. The SMILES string of the molecule is CCCCCCS(=O)(=O)O.[InH3]. The number of unbranched alkanes of at least 4 members (excludes halogenated alkanes) is 3. The van der Waals surface area contributed by atoms with E-state index >= 15 is 0 Å². The van der Waals surface area contributed by atoms with Gasteiger partial charge in [-0.1, -0.05) is 26.2 Å². The summed E-state index contributed by atoms with van der Waals surface area (Å²) >= 11 is 0. The van der Waals surface area contributed by atoms with Gasteiger partial charge in [-0.05, 0) is 6.42 Å². The van der Waals surface area contributed by atoms with Crippen LogP contribution in [0.15, 0.2) is 0 Å². The van der Waals surface area contributed by atoms with Gasteiger partial charge in [0.2, 0.25) is 0 Å². The van der Waals surface area contributed by atoms with Crippen molar-refractivity contribution in [2.45, 2.75) is 32.6 Å². The summed E-state index contributed by atoms with van der Waals surface area (Å²) in [5.74, 6) is -0.0903. The van der Waals surface area contributed by atoms with Gasteiger partial charge in [0.25, 0.3) is 10.1 Å². The molecule has 11 heavy (non-hydrogen) atoms. The maximum absolute atomic E-state index is 10.1. The summed E-state index contributed by atoms with van der Waals surface area (Å²) in [5, 5.41) is 0. The topological polar surface area (TPSA) is 54.4 Å². The summed E-state index contributed by atoms with van der Waals surface area (Å²) in [7, 11) is -3.70. The molecular formula is C6H17InO3S. The fourth-order valence-corrected chi connectivity index (χ4v) is 1.28. The van der Waals surface area contributed by atoms with Crippen molar-refractivity contribution in [1.82, 2.24) is 0 Å². The van der Waals surface area contributed by atoms with Crippen LogP contribution in [-0.2, 0) is 10.1 Å². The third kappa shape index (κ3) is 13.7. The van der Waals surface area contributed by atoms with Gasteiger partial charge in [-0.3, -0.25) is 4.55 Å². The molecule has 68 valence electrons. The Balaban J connectivity index is 0. The Hall–Kier alpha value is 0.780. The van der Waals surface area contributed by atoms with Gasteiger partial charge in [0, 0.05) is 0 Å². The molecule has 0 fully saturated rings. The molecule has 0 amide bonds. The van der Waals surface area contributed by atoms with Crippen molar-refractivity contribution in [1.29, 1.82) is 0 Å². The van der Waals surface area contributed by atoms with Crippen LogP contribution in [0.1, 0.15) is 32.6 Å². The minimum atomic E-state index is -3.70. The van der Waals surface area contributed by atoms with Crippen LogP contribution in [0.3, 0.4) is 0 Å². The van der Waals surface area contributed by atoms with E-state index in [2.05, 4.69) is 0 Å². The van der Waals surface area contributed by atoms with Crippen LogP contribution >= 0.6 is 0 Å². The molecule has 0 aliphatic rings. The zero-order valence-corrected chi connectivity index (χ0v) is 7.02. The van der Waals surface area contributed by atoms with E-state index in [9.17, 15) is 8.42 Å². The average Bonchev–Trinajstić information content (AvgIpc) is 1.78. The molecule has 0 aliphatic carbocycles. The Morgan fingerprint density at radius 3 is 2.09 bits per heavy atom. The molecule has 0 saturated heterocycles. The fraction of sp³-hybridized carbons (Fsp3) is 1.00. The van der Waals surface area contributed by atoms with Crippen molar-refractivity contribution >= 4 is 36.0 Å². The molecule has 0 radical (unpaired) electrons. The molecule has 0 aromatic heterocycles. The third-order valence-corrected chi connectivity index (χ3v) is 2.06. The molecule has 0 heterocycles. The van der Waals surface area contributed by atoms with Crippen LogP contribution in [0.5, 0.6) is 0 Å². The summed E-state index contributed by atoms with van der Waals surface area (Å²) < 4.78 is 28.6. The van der Waals surface area contributed by atoms with E-state index in [4.69, 9.17) is 4.55 Å². The molecule has 0 aromatic carbocycles. The fourth-order valence-electron chi connectivity index (χ4n) is 0.711. The predicted molar refractivity (Wildman–Crippen MR) is 50.5 cm³/mol. The third-order valence-electron chi connectivity index (χ3n) is 1.26. The molecule has 0 aliphatic heterocycles. The minimum absolute atomic E-state index is 0. The summed E-state index contributed by atoms with van der Waals surface area (Å²) in [6, 6.07) is 0. The zero-order valence-electron chi connectivity index (χ0n) is 6.21. The molecule has 0 rings (SSSR count). The Morgan fingerprint density at radius 2 is 1.73 bits per heavy atom. The standard InChI is InChI=1S/C6H14O3S.In.3H/c1-2-3-4-5-6-10(7,8)9;;;;/h2-6H2,1H3,(H,7,8,9);;;;. The molecule has 3 nitrogen and oxygen atoms in total. The first-order valence-electron chi connectivity index (χ1n) is 3.51. The van der Waals surface area contributed by atoms with Gasteiger partial charge >= 0.3 is 25.8 Å². The van der Waals surface area contributed by atoms with E-state index < -0.39 is 10.1 Å². The second-order valence-electron chi connectivity index (χ2n) is 2.35. The van der Waals surface area contributed by atoms with Crippen LogP contribution in [0, 0.1) is 0 Å². The first kappa shape index (κ1) is 14.3. The normalized spacial score (nSPS) is 10.7. The Kier molecular flexibility index (Phi) is 9.67.